The molecule has 1 heterocycles. The van der Waals surface area contributed by atoms with Crippen LogP contribution < -0.4 is 16.0 Å². The number of amidine groups is 1. The molecule has 2 amide bonds. The number of carbonyl (C=O) groups excluding carboxylic acids is 2. The first kappa shape index (κ1) is 20.4. The summed E-state index contributed by atoms with van der Waals surface area (Å²) in [6.45, 7) is 2.00. The molecule has 2 atom stereocenters. The van der Waals surface area contributed by atoms with E-state index < -0.39 is 29.8 Å². The fourth-order valence-corrected chi connectivity index (χ4v) is 3.03. The molecule has 0 spiro atoms. The lowest BCUT2D eigenvalue weighted by Gasteiger charge is -2.34. The zero-order chi connectivity index (χ0) is 21.1. The standard InChI is InChI=1S/C20H21FN4O4/c1-11-2-5-13(21)10-15(11)25-8-9-29-17(20(25)28)16(26)19(27)24-14-6-3-12(4-7-14)18(22)23/h2-7,10,16-17,26H,8-9H2,1H3,(H3,22,23)(H,24,27)/t16-,17-/m1/s1. The van der Waals surface area contributed by atoms with E-state index in [1.54, 1.807) is 25.1 Å². The summed E-state index contributed by atoms with van der Waals surface area (Å²) in [5, 5.41) is 20.2. The smallest absolute Gasteiger partial charge is 0.259 e. The van der Waals surface area contributed by atoms with Gasteiger partial charge in [0.05, 0.1) is 6.61 Å². The van der Waals surface area contributed by atoms with Crippen molar-refractivity contribution in [3.8, 4) is 0 Å². The number of anilines is 2. The van der Waals surface area contributed by atoms with Gasteiger partial charge in [-0.3, -0.25) is 15.0 Å². The molecule has 8 nitrogen and oxygen atoms in total. The summed E-state index contributed by atoms with van der Waals surface area (Å²) in [7, 11) is 0. The van der Waals surface area contributed by atoms with E-state index in [0.717, 1.165) is 0 Å². The topological polar surface area (TPSA) is 129 Å². The van der Waals surface area contributed by atoms with Gasteiger partial charge >= 0.3 is 0 Å². The SMILES string of the molecule is Cc1ccc(F)cc1N1CCO[C@H]([C@@H](O)C(=O)Nc2ccc(C(=N)N)cc2)C1=O. The molecule has 1 aliphatic heterocycles. The van der Waals surface area contributed by atoms with Crippen molar-refractivity contribution in [1.82, 2.24) is 0 Å². The number of nitrogens with one attached hydrogen (secondary N) is 2. The first-order chi connectivity index (χ1) is 13.8. The van der Waals surface area contributed by atoms with Crippen molar-refractivity contribution in [2.45, 2.75) is 19.1 Å². The first-order valence-electron chi connectivity index (χ1n) is 8.90. The second-order valence-electron chi connectivity index (χ2n) is 6.64. The minimum atomic E-state index is -1.76. The van der Waals surface area contributed by atoms with Crippen LogP contribution in [0.5, 0.6) is 0 Å². The Morgan fingerprint density at radius 1 is 1.34 bits per heavy atom. The van der Waals surface area contributed by atoms with Crippen molar-refractivity contribution in [3.05, 3.63) is 59.4 Å². The van der Waals surface area contributed by atoms with Crippen LogP contribution in [0.1, 0.15) is 11.1 Å². The second kappa shape index (κ2) is 8.38. The number of aliphatic hydroxyl groups excluding tert-OH is 1. The molecule has 0 aliphatic carbocycles. The minimum absolute atomic E-state index is 0.0873. The van der Waals surface area contributed by atoms with Crippen LogP contribution in [0.15, 0.2) is 42.5 Å². The second-order valence-corrected chi connectivity index (χ2v) is 6.64. The number of hydrogen-bond donors (Lipinski definition) is 4. The molecule has 1 aliphatic rings. The maximum atomic E-state index is 13.6. The van der Waals surface area contributed by atoms with Crippen LogP contribution in [-0.4, -0.2) is 48.1 Å². The third kappa shape index (κ3) is 4.41. The summed E-state index contributed by atoms with van der Waals surface area (Å²) >= 11 is 0. The quantitative estimate of drug-likeness (QED) is 0.442. The predicted octanol–water partition coefficient (Wildman–Crippen LogP) is 1.15. The zero-order valence-corrected chi connectivity index (χ0v) is 15.7. The van der Waals surface area contributed by atoms with Crippen molar-refractivity contribution in [2.24, 2.45) is 5.73 Å². The Morgan fingerprint density at radius 2 is 2.03 bits per heavy atom. The molecule has 152 valence electrons. The lowest BCUT2D eigenvalue weighted by Crippen LogP contribution is -2.55. The van der Waals surface area contributed by atoms with Gasteiger partial charge in [0.15, 0.2) is 12.2 Å². The highest BCUT2D eigenvalue weighted by molar-refractivity contribution is 6.04. The van der Waals surface area contributed by atoms with Crippen molar-refractivity contribution in [3.63, 3.8) is 0 Å². The number of morpholine rings is 1. The first-order valence-corrected chi connectivity index (χ1v) is 8.90. The van der Waals surface area contributed by atoms with Gasteiger partial charge in [0.25, 0.3) is 11.8 Å². The van der Waals surface area contributed by atoms with Gasteiger partial charge in [0, 0.05) is 23.5 Å². The van der Waals surface area contributed by atoms with Gasteiger partial charge in [-0.25, -0.2) is 4.39 Å². The van der Waals surface area contributed by atoms with Crippen molar-refractivity contribution >= 4 is 29.0 Å². The molecular formula is C20H21FN4O4. The van der Waals surface area contributed by atoms with Crippen molar-refractivity contribution in [1.29, 1.82) is 5.41 Å². The Kier molecular flexibility index (Phi) is 5.90. The van der Waals surface area contributed by atoms with Crippen LogP contribution in [0.2, 0.25) is 0 Å². The Labute approximate surface area is 166 Å². The van der Waals surface area contributed by atoms with Gasteiger partial charge < -0.3 is 25.8 Å². The maximum absolute atomic E-state index is 13.6. The van der Waals surface area contributed by atoms with Gasteiger partial charge in [-0.15, -0.1) is 0 Å². The summed E-state index contributed by atoms with van der Waals surface area (Å²) < 4.78 is 19.0. The van der Waals surface area contributed by atoms with Crippen molar-refractivity contribution in [2.75, 3.05) is 23.4 Å². The Hall–Kier alpha value is -3.30. The van der Waals surface area contributed by atoms with Crippen LogP contribution >= 0.6 is 0 Å². The average Bonchev–Trinajstić information content (AvgIpc) is 2.70. The van der Waals surface area contributed by atoms with Gasteiger partial charge in [0.2, 0.25) is 0 Å². The van der Waals surface area contributed by atoms with E-state index in [4.69, 9.17) is 15.9 Å². The van der Waals surface area contributed by atoms with Crippen LogP contribution in [0, 0.1) is 18.2 Å². The normalized spacial score (nSPS) is 17.7. The number of amides is 2. The van der Waals surface area contributed by atoms with E-state index in [9.17, 15) is 19.1 Å². The van der Waals surface area contributed by atoms with E-state index >= 15 is 0 Å². The number of rotatable bonds is 5. The van der Waals surface area contributed by atoms with Crippen molar-refractivity contribution < 1.29 is 23.8 Å². The third-order valence-electron chi connectivity index (χ3n) is 4.60. The molecule has 29 heavy (non-hydrogen) atoms. The molecule has 0 radical (unpaired) electrons. The molecule has 0 bridgehead atoms. The van der Waals surface area contributed by atoms with E-state index in [1.165, 1.54) is 29.2 Å². The molecular weight excluding hydrogens is 379 g/mol. The summed E-state index contributed by atoms with van der Waals surface area (Å²) in [4.78, 5) is 26.5. The third-order valence-corrected chi connectivity index (χ3v) is 4.60. The maximum Gasteiger partial charge on any atom is 0.259 e. The highest BCUT2D eigenvalue weighted by Crippen LogP contribution is 2.25. The van der Waals surface area contributed by atoms with Gasteiger partial charge in [-0.1, -0.05) is 6.07 Å². The molecule has 1 saturated heterocycles. The summed E-state index contributed by atoms with van der Waals surface area (Å²) in [5.41, 5.74) is 7.28. The Morgan fingerprint density at radius 3 is 2.69 bits per heavy atom. The number of hydrogen-bond acceptors (Lipinski definition) is 5. The number of halogens is 1. The monoisotopic (exact) mass is 400 g/mol. The molecule has 0 aromatic heterocycles. The summed E-state index contributed by atoms with van der Waals surface area (Å²) in [6.07, 6.45) is -3.17. The largest absolute Gasteiger partial charge is 0.384 e. The number of nitrogens with zero attached hydrogens (tertiary/aromatic N) is 1. The Bertz CT molecular complexity index is 948. The molecule has 0 saturated carbocycles. The van der Waals surface area contributed by atoms with Gasteiger partial charge in [0.1, 0.15) is 11.7 Å². The van der Waals surface area contributed by atoms with Crippen LogP contribution in [0.25, 0.3) is 0 Å². The lowest BCUT2D eigenvalue weighted by atomic mass is 10.1. The fraction of sp³-hybridized carbons (Fsp3) is 0.250. The number of carbonyl (C=O) groups is 2. The molecule has 5 N–H and O–H groups in total. The van der Waals surface area contributed by atoms with E-state index in [2.05, 4.69) is 5.32 Å². The van der Waals surface area contributed by atoms with Crippen LogP contribution in [0.4, 0.5) is 15.8 Å². The zero-order valence-electron chi connectivity index (χ0n) is 15.7. The Balaban J connectivity index is 1.73. The molecule has 1 fully saturated rings. The number of ether oxygens (including phenoxy) is 1. The van der Waals surface area contributed by atoms with E-state index in [1.807, 2.05) is 0 Å². The number of aliphatic hydroxyl groups is 1. The molecule has 0 unspecified atom stereocenters. The predicted molar refractivity (Wildman–Crippen MR) is 105 cm³/mol. The minimum Gasteiger partial charge on any atom is -0.384 e. The summed E-state index contributed by atoms with van der Waals surface area (Å²) in [5.74, 6) is -2.05. The average molecular weight is 400 g/mol. The van der Waals surface area contributed by atoms with Gasteiger partial charge in [-0.2, -0.15) is 0 Å². The summed E-state index contributed by atoms with van der Waals surface area (Å²) in [6, 6.07) is 10.2. The number of nitrogens with two attached hydrogens (primary N) is 1. The molecule has 2 aromatic rings. The van der Waals surface area contributed by atoms with E-state index in [0.29, 0.717) is 22.5 Å². The van der Waals surface area contributed by atoms with Crippen LogP contribution in [0.3, 0.4) is 0 Å². The highest BCUT2D eigenvalue weighted by Gasteiger charge is 2.39. The number of aryl methyl sites for hydroxylation is 1. The lowest BCUT2D eigenvalue weighted by molar-refractivity contribution is -0.150. The molecule has 2 aromatic carbocycles. The highest BCUT2D eigenvalue weighted by atomic mass is 19.1. The molecule has 9 heteroatoms. The van der Waals surface area contributed by atoms with E-state index in [-0.39, 0.29) is 19.0 Å². The molecule has 3 rings (SSSR count). The number of nitrogen functional groups attached to an aromatic ring is 1. The van der Waals surface area contributed by atoms with Crippen LogP contribution in [-0.2, 0) is 14.3 Å². The van der Waals surface area contributed by atoms with Gasteiger partial charge in [-0.05, 0) is 48.9 Å². The fourth-order valence-electron chi connectivity index (χ4n) is 3.03. The number of benzene rings is 2.